The number of hydrogen-bond acceptors (Lipinski definition) is 2. The van der Waals surface area contributed by atoms with Crippen LogP contribution in [0.25, 0.3) is 0 Å². The molecule has 0 heterocycles. The Morgan fingerprint density at radius 2 is 2.06 bits per heavy atom. The van der Waals surface area contributed by atoms with E-state index < -0.39 is 0 Å². The second kappa shape index (κ2) is 4.02. The average Bonchev–Trinajstić information content (AvgIpc) is 3.00. The Hall–Kier alpha value is -1.49. The van der Waals surface area contributed by atoms with Gasteiger partial charge < -0.3 is 4.74 Å². The minimum atomic E-state index is -0.163. The van der Waals surface area contributed by atoms with Crippen molar-refractivity contribution in [2.24, 2.45) is 5.41 Å². The summed E-state index contributed by atoms with van der Waals surface area (Å²) in [7, 11) is 1.71. The molecular formula is C16H21NO. The predicted octanol–water partition coefficient (Wildman–Crippen LogP) is 4.01. The predicted molar refractivity (Wildman–Crippen MR) is 72.8 cm³/mol. The normalized spacial score (nSPS) is 26.6. The summed E-state index contributed by atoms with van der Waals surface area (Å²) in [5, 5.41) is 9.15. The van der Waals surface area contributed by atoms with Gasteiger partial charge in [0.1, 0.15) is 5.75 Å². The van der Waals surface area contributed by atoms with Gasteiger partial charge in [-0.15, -0.1) is 0 Å². The van der Waals surface area contributed by atoms with Crippen LogP contribution in [-0.2, 0) is 5.41 Å². The van der Waals surface area contributed by atoms with Gasteiger partial charge in [-0.05, 0) is 36.0 Å². The van der Waals surface area contributed by atoms with Crippen molar-refractivity contribution in [1.29, 1.82) is 5.26 Å². The molecule has 1 aliphatic carbocycles. The van der Waals surface area contributed by atoms with Gasteiger partial charge in [0.15, 0.2) is 0 Å². The molecular weight excluding hydrogens is 222 g/mol. The third-order valence-electron chi connectivity index (χ3n) is 3.93. The fourth-order valence-electron chi connectivity index (χ4n) is 2.50. The first-order valence-electron chi connectivity index (χ1n) is 6.41. The van der Waals surface area contributed by atoms with Crippen molar-refractivity contribution in [2.75, 3.05) is 7.11 Å². The zero-order valence-corrected chi connectivity index (χ0v) is 11.9. The highest BCUT2D eigenvalue weighted by atomic mass is 16.5. The lowest BCUT2D eigenvalue weighted by Crippen LogP contribution is -2.13. The van der Waals surface area contributed by atoms with E-state index in [0.717, 1.165) is 12.2 Å². The summed E-state index contributed by atoms with van der Waals surface area (Å²) in [6.07, 6.45) is 0.972. The summed E-state index contributed by atoms with van der Waals surface area (Å²) in [4.78, 5) is 0. The monoisotopic (exact) mass is 243 g/mol. The summed E-state index contributed by atoms with van der Waals surface area (Å²) < 4.78 is 5.44. The van der Waals surface area contributed by atoms with Crippen LogP contribution >= 0.6 is 0 Å². The van der Waals surface area contributed by atoms with E-state index in [9.17, 15) is 0 Å². The Balaban J connectivity index is 2.40. The van der Waals surface area contributed by atoms with Crippen molar-refractivity contribution in [3.8, 4) is 11.8 Å². The van der Waals surface area contributed by atoms with E-state index in [2.05, 4.69) is 39.0 Å². The molecule has 0 saturated heterocycles. The molecule has 1 aromatic rings. The lowest BCUT2D eigenvalue weighted by Gasteiger charge is -2.23. The van der Waals surface area contributed by atoms with Crippen molar-refractivity contribution in [3.05, 3.63) is 29.3 Å². The number of benzene rings is 1. The maximum absolute atomic E-state index is 9.15. The fourth-order valence-corrected chi connectivity index (χ4v) is 2.50. The number of nitriles is 1. The minimum Gasteiger partial charge on any atom is -0.496 e. The molecule has 96 valence electrons. The van der Waals surface area contributed by atoms with Crippen LogP contribution in [0, 0.1) is 16.7 Å². The van der Waals surface area contributed by atoms with Gasteiger partial charge in [0.25, 0.3) is 0 Å². The van der Waals surface area contributed by atoms with E-state index in [1.807, 2.05) is 13.0 Å². The second-order valence-electron chi connectivity index (χ2n) is 6.50. The molecule has 1 aliphatic rings. The first kappa shape index (κ1) is 13.0. The number of nitrogens with zero attached hydrogens (tertiary/aromatic N) is 1. The quantitative estimate of drug-likeness (QED) is 0.786. The molecule has 0 bridgehead atoms. The van der Waals surface area contributed by atoms with Crippen molar-refractivity contribution in [3.63, 3.8) is 0 Å². The van der Waals surface area contributed by atoms with Gasteiger partial charge in [0.2, 0.25) is 0 Å². The van der Waals surface area contributed by atoms with Gasteiger partial charge in [-0.1, -0.05) is 32.9 Å². The Labute approximate surface area is 110 Å². The summed E-state index contributed by atoms with van der Waals surface area (Å²) in [5.41, 5.74) is 2.38. The maximum Gasteiger partial charge on any atom is 0.122 e. The highest BCUT2D eigenvalue weighted by Crippen LogP contribution is 2.59. The molecule has 1 aromatic carbocycles. The van der Waals surface area contributed by atoms with Crippen LogP contribution in [0.15, 0.2) is 18.2 Å². The largest absolute Gasteiger partial charge is 0.496 e. The zero-order valence-electron chi connectivity index (χ0n) is 11.9. The van der Waals surface area contributed by atoms with Crippen molar-refractivity contribution >= 4 is 0 Å². The minimum absolute atomic E-state index is 0.0548. The molecule has 18 heavy (non-hydrogen) atoms. The van der Waals surface area contributed by atoms with Crippen LogP contribution in [0.4, 0.5) is 0 Å². The van der Waals surface area contributed by atoms with Crippen LogP contribution in [0.3, 0.4) is 0 Å². The molecule has 0 aliphatic heterocycles. The molecule has 0 aromatic heterocycles. The van der Waals surface area contributed by atoms with Gasteiger partial charge in [-0.3, -0.25) is 0 Å². The Morgan fingerprint density at radius 3 is 2.50 bits per heavy atom. The van der Waals surface area contributed by atoms with Crippen molar-refractivity contribution in [1.82, 2.24) is 0 Å². The Bertz CT molecular complexity index is 507. The summed E-state index contributed by atoms with van der Waals surface area (Å²) in [6, 6.07) is 8.77. The lowest BCUT2D eigenvalue weighted by atomic mass is 9.84. The molecule has 2 nitrogen and oxygen atoms in total. The van der Waals surface area contributed by atoms with E-state index in [-0.39, 0.29) is 10.8 Å². The second-order valence-corrected chi connectivity index (χ2v) is 6.50. The number of ether oxygens (including phenoxy) is 1. The van der Waals surface area contributed by atoms with E-state index in [1.165, 1.54) is 11.1 Å². The molecule has 0 amide bonds. The first-order chi connectivity index (χ1) is 8.31. The molecule has 2 rings (SSSR count). The average molecular weight is 243 g/mol. The van der Waals surface area contributed by atoms with E-state index >= 15 is 0 Å². The summed E-state index contributed by atoms with van der Waals surface area (Å²) in [6.45, 7) is 8.60. The van der Waals surface area contributed by atoms with Crippen molar-refractivity contribution < 1.29 is 4.74 Å². The highest BCUT2D eigenvalue weighted by Gasteiger charge is 2.51. The third kappa shape index (κ3) is 2.10. The molecule has 0 spiro atoms. The fraction of sp³-hybridized carbons (Fsp3) is 0.562. The molecule has 2 atom stereocenters. The SMILES string of the molecule is COc1ccc(C2CC2(C)C#N)cc1C(C)(C)C. The smallest absolute Gasteiger partial charge is 0.122 e. The maximum atomic E-state index is 9.15. The van der Waals surface area contributed by atoms with Crippen LogP contribution in [0.2, 0.25) is 0 Å². The van der Waals surface area contributed by atoms with E-state index in [0.29, 0.717) is 5.92 Å². The van der Waals surface area contributed by atoms with Gasteiger partial charge in [0.05, 0.1) is 18.6 Å². The summed E-state index contributed by atoms with van der Waals surface area (Å²) >= 11 is 0. The molecule has 1 saturated carbocycles. The highest BCUT2D eigenvalue weighted by molar-refractivity contribution is 5.45. The zero-order chi connectivity index (χ0) is 13.6. The Morgan fingerprint density at radius 1 is 1.39 bits per heavy atom. The van der Waals surface area contributed by atoms with Crippen LogP contribution in [0.1, 0.15) is 51.2 Å². The van der Waals surface area contributed by atoms with E-state index in [4.69, 9.17) is 10.00 Å². The number of methoxy groups -OCH3 is 1. The van der Waals surface area contributed by atoms with Crippen LogP contribution in [-0.4, -0.2) is 7.11 Å². The van der Waals surface area contributed by atoms with Gasteiger partial charge in [-0.2, -0.15) is 5.26 Å². The first-order valence-corrected chi connectivity index (χ1v) is 6.41. The number of hydrogen-bond donors (Lipinski definition) is 0. The van der Waals surface area contributed by atoms with Gasteiger partial charge >= 0.3 is 0 Å². The van der Waals surface area contributed by atoms with Crippen LogP contribution < -0.4 is 4.74 Å². The van der Waals surface area contributed by atoms with Crippen molar-refractivity contribution in [2.45, 2.75) is 45.4 Å². The van der Waals surface area contributed by atoms with E-state index in [1.54, 1.807) is 7.11 Å². The Kier molecular flexibility index (Phi) is 2.89. The molecule has 2 heteroatoms. The lowest BCUT2D eigenvalue weighted by molar-refractivity contribution is 0.397. The number of rotatable bonds is 2. The topological polar surface area (TPSA) is 33.0 Å². The van der Waals surface area contributed by atoms with Crippen LogP contribution in [0.5, 0.6) is 5.75 Å². The molecule has 1 fully saturated rings. The molecule has 2 unspecified atom stereocenters. The van der Waals surface area contributed by atoms with Gasteiger partial charge in [-0.25, -0.2) is 0 Å². The third-order valence-corrected chi connectivity index (χ3v) is 3.93. The van der Waals surface area contributed by atoms with Gasteiger partial charge in [0, 0.05) is 5.92 Å². The molecule has 0 radical (unpaired) electrons. The summed E-state index contributed by atoms with van der Waals surface area (Å²) in [5.74, 6) is 1.32. The molecule has 0 N–H and O–H groups in total. The standard InChI is InChI=1S/C16H21NO/c1-15(2,3)12-8-11(6-7-14(12)18-5)13-9-16(13,4)10-17/h6-8,13H,9H2,1-5H3.